The fraction of sp³-hybridized carbons (Fsp3) is 0.538. The van der Waals surface area contributed by atoms with E-state index in [0.29, 0.717) is 6.61 Å². The SMILES string of the molecule is C[C@@H](O)CCCCOCc1ccccc1. The van der Waals surface area contributed by atoms with Crippen LogP contribution in [0.25, 0.3) is 0 Å². The molecule has 1 aromatic carbocycles. The molecule has 84 valence electrons. The smallest absolute Gasteiger partial charge is 0.0716 e. The summed E-state index contributed by atoms with van der Waals surface area (Å²) >= 11 is 0. The summed E-state index contributed by atoms with van der Waals surface area (Å²) in [5.74, 6) is 0. The third-order valence-electron chi connectivity index (χ3n) is 2.27. The molecule has 0 saturated carbocycles. The molecular formula is C13H20O2. The number of benzene rings is 1. The predicted molar refractivity (Wildman–Crippen MR) is 61.6 cm³/mol. The fourth-order valence-corrected chi connectivity index (χ4v) is 1.41. The highest BCUT2D eigenvalue weighted by atomic mass is 16.5. The first-order chi connectivity index (χ1) is 7.29. The van der Waals surface area contributed by atoms with Crippen LogP contribution in [-0.2, 0) is 11.3 Å². The Kier molecular flexibility index (Phi) is 6.05. The van der Waals surface area contributed by atoms with Crippen molar-refractivity contribution in [3.63, 3.8) is 0 Å². The molecule has 0 aromatic heterocycles. The number of aliphatic hydroxyl groups is 1. The van der Waals surface area contributed by atoms with Gasteiger partial charge < -0.3 is 9.84 Å². The average molecular weight is 208 g/mol. The van der Waals surface area contributed by atoms with Gasteiger partial charge in [0.1, 0.15) is 0 Å². The fourth-order valence-electron chi connectivity index (χ4n) is 1.41. The standard InChI is InChI=1S/C13H20O2/c1-12(14)7-5-6-10-15-11-13-8-3-2-4-9-13/h2-4,8-9,12,14H,5-7,10-11H2,1H3/t12-/m1/s1. The van der Waals surface area contributed by atoms with Crippen molar-refractivity contribution in [2.75, 3.05) is 6.61 Å². The van der Waals surface area contributed by atoms with Gasteiger partial charge in [-0.15, -0.1) is 0 Å². The molecule has 1 aromatic rings. The van der Waals surface area contributed by atoms with Crippen molar-refractivity contribution in [1.82, 2.24) is 0 Å². The minimum atomic E-state index is -0.181. The van der Waals surface area contributed by atoms with Crippen LogP contribution in [0.15, 0.2) is 30.3 Å². The van der Waals surface area contributed by atoms with E-state index in [2.05, 4.69) is 12.1 Å². The van der Waals surface area contributed by atoms with Gasteiger partial charge in [-0.3, -0.25) is 0 Å². The maximum Gasteiger partial charge on any atom is 0.0716 e. The van der Waals surface area contributed by atoms with Gasteiger partial charge in [-0.2, -0.15) is 0 Å². The van der Waals surface area contributed by atoms with Crippen molar-refractivity contribution in [3.05, 3.63) is 35.9 Å². The van der Waals surface area contributed by atoms with Crippen molar-refractivity contribution in [1.29, 1.82) is 0 Å². The molecule has 0 unspecified atom stereocenters. The van der Waals surface area contributed by atoms with Crippen molar-refractivity contribution < 1.29 is 9.84 Å². The van der Waals surface area contributed by atoms with Gasteiger partial charge in [0.15, 0.2) is 0 Å². The second-order valence-corrected chi connectivity index (χ2v) is 3.88. The molecule has 1 atom stereocenters. The van der Waals surface area contributed by atoms with Crippen molar-refractivity contribution in [3.8, 4) is 0 Å². The second-order valence-electron chi connectivity index (χ2n) is 3.88. The van der Waals surface area contributed by atoms with Crippen LogP contribution in [0, 0.1) is 0 Å². The van der Waals surface area contributed by atoms with Crippen LogP contribution in [0.4, 0.5) is 0 Å². The Morgan fingerprint density at radius 1 is 1.20 bits per heavy atom. The first-order valence-electron chi connectivity index (χ1n) is 5.59. The van der Waals surface area contributed by atoms with Gasteiger partial charge in [0, 0.05) is 6.61 Å². The lowest BCUT2D eigenvalue weighted by atomic mass is 10.2. The Labute approximate surface area is 91.9 Å². The molecule has 0 saturated heterocycles. The maximum absolute atomic E-state index is 9.05. The lowest BCUT2D eigenvalue weighted by Gasteiger charge is -2.05. The molecule has 0 aliphatic rings. The van der Waals surface area contributed by atoms with E-state index in [9.17, 15) is 0 Å². The van der Waals surface area contributed by atoms with Crippen LogP contribution in [0.1, 0.15) is 31.7 Å². The summed E-state index contributed by atoms with van der Waals surface area (Å²) < 4.78 is 5.52. The molecule has 0 aliphatic carbocycles. The quantitative estimate of drug-likeness (QED) is 0.698. The number of unbranched alkanes of at least 4 members (excludes halogenated alkanes) is 1. The van der Waals surface area contributed by atoms with Gasteiger partial charge in [0.2, 0.25) is 0 Å². The summed E-state index contributed by atoms with van der Waals surface area (Å²) in [5.41, 5.74) is 1.22. The summed E-state index contributed by atoms with van der Waals surface area (Å²) in [7, 11) is 0. The van der Waals surface area contributed by atoms with Crippen molar-refractivity contribution in [2.45, 2.75) is 38.9 Å². The van der Waals surface area contributed by atoms with E-state index in [1.54, 1.807) is 0 Å². The largest absolute Gasteiger partial charge is 0.393 e. The molecule has 0 spiro atoms. The van der Waals surface area contributed by atoms with Gasteiger partial charge in [0.05, 0.1) is 12.7 Å². The van der Waals surface area contributed by atoms with Crippen LogP contribution >= 0.6 is 0 Å². The number of rotatable bonds is 7. The molecule has 1 rings (SSSR count). The Morgan fingerprint density at radius 2 is 1.93 bits per heavy atom. The topological polar surface area (TPSA) is 29.5 Å². The van der Waals surface area contributed by atoms with Gasteiger partial charge >= 0.3 is 0 Å². The van der Waals surface area contributed by atoms with E-state index in [1.807, 2.05) is 25.1 Å². The van der Waals surface area contributed by atoms with E-state index in [-0.39, 0.29) is 6.10 Å². The molecule has 1 N–H and O–H groups in total. The minimum absolute atomic E-state index is 0.181. The van der Waals surface area contributed by atoms with Crippen LogP contribution in [0.5, 0.6) is 0 Å². The summed E-state index contributed by atoms with van der Waals surface area (Å²) in [6.45, 7) is 3.29. The number of hydrogen-bond acceptors (Lipinski definition) is 2. The summed E-state index contributed by atoms with van der Waals surface area (Å²) in [4.78, 5) is 0. The van der Waals surface area contributed by atoms with E-state index in [4.69, 9.17) is 9.84 Å². The normalized spacial score (nSPS) is 12.7. The zero-order chi connectivity index (χ0) is 10.9. The van der Waals surface area contributed by atoms with Gasteiger partial charge in [-0.05, 0) is 31.7 Å². The highest BCUT2D eigenvalue weighted by molar-refractivity contribution is 5.13. The lowest BCUT2D eigenvalue weighted by molar-refractivity contribution is 0.111. The van der Waals surface area contributed by atoms with E-state index >= 15 is 0 Å². The van der Waals surface area contributed by atoms with Crippen LogP contribution in [0.2, 0.25) is 0 Å². The third-order valence-corrected chi connectivity index (χ3v) is 2.27. The molecule has 0 amide bonds. The molecule has 0 bridgehead atoms. The molecule has 0 radical (unpaired) electrons. The van der Waals surface area contributed by atoms with Crippen molar-refractivity contribution in [2.24, 2.45) is 0 Å². The molecule has 0 heterocycles. The third kappa shape index (κ3) is 6.26. The molecule has 2 heteroatoms. The van der Waals surface area contributed by atoms with E-state index in [0.717, 1.165) is 25.9 Å². The molecule has 0 aliphatic heterocycles. The minimum Gasteiger partial charge on any atom is -0.393 e. The Bertz CT molecular complexity index is 244. The van der Waals surface area contributed by atoms with Crippen LogP contribution < -0.4 is 0 Å². The molecule has 15 heavy (non-hydrogen) atoms. The highest BCUT2D eigenvalue weighted by Gasteiger charge is 1.96. The van der Waals surface area contributed by atoms with Gasteiger partial charge in [0.25, 0.3) is 0 Å². The molecule has 0 fully saturated rings. The molecule has 2 nitrogen and oxygen atoms in total. The summed E-state index contributed by atoms with van der Waals surface area (Å²) in [6.07, 6.45) is 2.75. The second kappa shape index (κ2) is 7.43. The Hall–Kier alpha value is -0.860. The first kappa shape index (κ1) is 12.2. The van der Waals surface area contributed by atoms with E-state index < -0.39 is 0 Å². The monoisotopic (exact) mass is 208 g/mol. The molecular weight excluding hydrogens is 188 g/mol. The van der Waals surface area contributed by atoms with E-state index in [1.165, 1.54) is 5.56 Å². The van der Waals surface area contributed by atoms with Crippen molar-refractivity contribution >= 4 is 0 Å². The lowest BCUT2D eigenvalue weighted by Crippen LogP contribution is -2.01. The Morgan fingerprint density at radius 3 is 2.60 bits per heavy atom. The highest BCUT2D eigenvalue weighted by Crippen LogP contribution is 2.03. The zero-order valence-corrected chi connectivity index (χ0v) is 9.36. The number of ether oxygens (including phenoxy) is 1. The summed E-state index contributed by atoms with van der Waals surface area (Å²) in [5, 5.41) is 9.05. The maximum atomic E-state index is 9.05. The average Bonchev–Trinajstić information content (AvgIpc) is 2.24. The Balaban J connectivity index is 1.98. The van der Waals surface area contributed by atoms with Gasteiger partial charge in [-0.1, -0.05) is 30.3 Å². The van der Waals surface area contributed by atoms with Gasteiger partial charge in [-0.25, -0.2) is 0 Å². The number of aliphatic hydroxyl groups excluding tert-OH is 1. The van der Waals surface area contributed by atoms with Crippen LogP contribution in [0.3, 0.4) is 0 Å². The summed E-state index contributed by atoms with van der Waals surface area (Å²) in [6, 6.07) is 10.2. The number of hydrogen-bond donors (Lipinski definition) is 1. The first-order valence-corrected chi connectivity index (χ1v) is 5.59. The zero-order valence-electron chi connectivity index (χ0n) is 9.36. The van der Waals surface area contributed by atoms with Crippen LogP contribution in [-0.4, -0.2) is 17.8 Å². The predicted octanol–water partition coefficient (Wildman–Crippen LogP) is 2.75.